The van der Waals surface area contributed by atoms with Gasteiger partial charge in [0.05, 0.1) is 11.4 Å². The average molecular weight is 777 g/mol. The van der Waals surface area contributed by atoms with Crippen molar-refractivity contribution in [2.24, 2.45) is 0 Å². The number of rotatable bonds is 6. The molecule has 0 fully saturated rings. The second-order valence-corrected chi connectivity index (χ2v) is 15.7. The first-order chi connectivity index (χ1) is 30.2. The highest BCUT2D eigenvalue weighted by atomic mass is 16.3. The van der Waals surface area contributed by atoms with Crippen LogP contribution >= 0.6 is 0 Å². The maximum atomic E-state index is 6.15. The Morgan fingerprint density at radius 2 is 0.836 bits per heavy atom. The molecule has 0 aliphatic heterocycles. The minimum atomic E-state index is 0.680. The molecule has 0 aliphatic rings. The van der Waals surface area contributed by atoms with Crippen LogP contribution in [-0.2, 0) is 0 Å². The number of benzene rings is 10. The van der Waals surface area contributed by atoms with Crippen molar-refractivity contribution in [1.82, 2.24) is 9.97 Å². The first kappa shape index (κ1) is 34.9. The lowest BCUT2D eigenvalue weighted by molar-refractivity contribution is 0.669. The first-order valence-electron chi connectivity index (χ1n) is 20.7. The van der Waals surface area contributed by atoms with Gasteiger partial charge in [0, 0.05) is 27.5 Å². The Hall–Kier alpha value is -8.14. The molecule has 284 valence electrons. The number of furan rings is 1. The van der Waals surface area contributed by atoms with Gasteiger partial charge in [-0.2, -0.15) is 0 Å². The quantitative estimate of drug-likeness (QED) is 0.125. The average Bonchev–Trinajstić information content (AvgIpc) is 3.72. The normalized spacial score (nSPS) is 11.6. The van der Waals surface area contributed by atoms with E-state index < -0.39 is 0 Å². The van der Waals surface area contributed by atoms with Gasteiger partial charge in [-0.05, 0) is 102 Å². The highest BCUT2D eigenvalue weighted by Crippen LogP contribution is 2.41. The Morgan fingerprint density at radius 3 is 1.67 bits per heavy atom. The Labute approximate surface area is 352 Å². The van der Waals surface area contributed by atoms with Gasteiger partial charge in [0.2, 0.25) is 0 Å². The van der Waals surface area contributed by atoms with Crippen molar-refractivity contribution >= 4 is 54.3 Å². The van der Waals surface area contributed by atoms with E-state index in [1.165, 1.54) is 49.0 Å². The number of nitrogens with zero attached hydrogens (tertiary/aromatic N) is 2. The van der Waals surface area contributed by atoms with E-state index in [0.717, 1.165) is 66.7 Å². The summed E-state index contributed by atoms with van der Waals surface area (Å²) in [5.74, 6) is 0.680. The number of fused-ring (bicyclic) bond motifs is 7. The van der Waals surface area contributed by atoms with Crippen molar-refractivity contribution in [3.63, 3.8) is 0 Å². The number of hydrogen-bond donors (Lipinski definition) is 0. The van der Waals surface area contributed by atoms with Gasteiger partial charge in [-0.15, -0.1) is 0 Å². The van der Waals surface area contributed by atoms with Crippen LogP contribution < -0.4 is 0 Å². The molecule has 0 aliphatic carbocycles. The van der Waals surface area contributed by atoms with Gasteiger partial charge < -0.3 is 4.42 Å². The lowest BCUT2D eigenvalue weighted by Crippen LogP contribution is -1.96. The Bertz CT molecular complexity index is 3620. The van der Waals surface area contributed by atoms with E-state index in [1.54, 1.807) is 0 Å². The van der Waals surface area contributed by atoms with E-state index in [0.29, 0.717) is 5.82 Å². The molecule has 0 amide bonds. The minimum Gasteiger partial charge on any atom is -0.456 e. The van der Waals surface area contributed by atoms with Gasteiger partial charge in [-0.1, -0.05) is 182 Å². The zero-order valence-corrected chi connectivity index (χ0v) is 33.1. The molecule has 10 aromatic carbocycles. The smallest absolute Gasteiger partial charge is 0.160 e. The fraction of sp³-hybridized carbons (Fsp3) is 0. The van der Waals surface area contributed by atoms with Crippen LogP contribution in [0.5, 0.6) is 0 Å². The molecule has 0 atom stereocenters. The molecule has 3 nitrogen and oxygen atoms in total. The minimum absolute atomic E-state index is 0.680. The molecule has 0 N–H and O–H groups in total. The topological polar surface area (TPSA) is 38.9 Å². The van der Waals surface area contributed by atoms with E-state index >= 15 is 0 Å². The summed E-state index contributed by atoms with van der Waals surface area (Å²) in [5.41, 5.74) is 13.5. The number of aromatic nitrogens is 2. The second-order valence-electron chi connectivity index (χ2n) is 15.7. The fourth-order valence-corrected chi connectivity index (χ4v) is 9.02. The SMILES string of the molecule is c1ccc(-c2ccc(-c3nc(-c4ccc(-c5c6ccccc6cc6c5ccc5ccccc56)cc4)cc(-c4cccc(-c5ccc6oc7ccccc7c6c5)c4)n3)cc2)cc1. The summed E-state index contributed by atoms with van der Waals surface area (Å²) in [6.07, 6.45) is 0. The van der Waals surface area contributed by atoms with Gasteiger partial charge >= 0.3 is 0 Å². The van der Waals surface area contributed by atoms with Gasteiger partial charge in [-0.25, -0.2) is 9.97 Å². The van der Waals surface area contributed by atoms with Crippen molar-refractivity contribution < 1.29 is 4.42 Å². The maximum Gasteiger partial charge on any atom is 0.160 e. The first-order valence-corrected chi connectivity index (χ1v) is 20.7. The van der Waals surface area contributed by atoms with Gasteiger partial charge in [-0.3, -0.25) is 0 Å². The monoisotopic (exact) mass is 776 g/mol. The molecule has 12 aromatic rings. The summed E-state index contributed by atoms with van der Waals surface area (Å²) in [6, 6.07) is 77.6. The third kappa shape index (κ3) is 6.14. The molecule has 61 heavy (non-hydrogen) atoms. The summed E-state index contributed by atoms with van der Waals surface area (Å²) >= 11 is 0. The molecular formula is C58H36N2O. The predicted octanol–water partition coefficient (Wildman–Crippen LogP) is 15.8. The third-order valence-corrected chi connectivity index (χ3v) is 12.1. The molecule has 3 heteroatoms. The van der Waals surface area contributed by atoms with Crippen molar-refractivity contribution in [2.75, 3.05) is 0 Å². The van der Waals surface area contributed by atoms with Crippen LogP contribution in [0.15, 0.2) is 223 Å². The summed E-state index contributed by atoms with van der Waals surface area (Å²) in [4.78, 5) is 10.5. The maximum absolute atomic E-state index is 6.15. The van der Waals surface area contributed by atoms with Crippen LogP contribution in [0.1, 0.15) is 0 Å². The van der Waals surface area contributed by atoms with Crippen molar-refractivity contribution in [2.45, 2.75) is 0 Å². The van der Waals surface area contributed by atoms with E-state index in [-0.39, 0.29) is 0 Å². The van der Waals surface area contributed by atoms with E-state index in [2.05, 4.69) is 200 Å². The Kier molecular flexibility index (Phi) is 8.17. The predicted molar refractivity (Wildman–Crippen MR) is 254 cm³/mol. The highest BCUT2D eigenvalue weighted by molar-refractivity contribution is 6.20. The lowest BCUT2D eigenvalue weighted by Gasteiger charge is -2.15. The van der Waals surface area contributed by atoms with Crippen LogP contribution in [0.3, 0.4) is 0 Å². The van der Waals surface area contributed by atoms with Gasteiger partial charge in [0.1, 0.15) is 11.2 Å². The van der Waals surface area contributed by atoms with Crippen LogP contribution in [0.4, 0.5) is 0 Å². The van der Waals surface area contributed by atoms with Crippen LogP contribution in [-0.4, -0.2) is 9.97 Å². The summed E-state index contributed by atoms with van der Waals surface area (Å²) in [6.45, 7) is 0. The largest absolute Gasteiger partial charge is 0.456 e. The highest BCUT2D eigenvalue weighted by Gasteiger charge is 2.16. The molecule has 2 heterocycles. The van der Waals surface area contributed by atoms with Crippen LogP contribution in [0.25, 0.3) is 122 Å². The Morgan fingerprint density at radius 1 is 0.262 bits per heavy atom. The van der Waals surface area contributed by atoms with E-state index in [4.69, 9.17) is 14.4 Å². The molecule has 0 saturated carbocycles. The molecule has 12 rings (SSSR count). The molecule has 0 spiro atoms. The molecule has 0 saturated heterocycles. The second kappa shape index (κ2) is 14.3. The summed E-state index contributed by atoms with van der Waals surface area (Å²) in [5, 5.41) is 9.72. The Balaban J connectivity index is 0.983. The third-order valence-electron chi connectivity index (χ3n) is 12.1. The lowest BCUT2D eigenvalue weighted by atomic mass is 9.89. The van der Waals surface area contributed by atoms with Crippen molar-refractivity contribution in [3.8, 4) is 67.3 Å². The van der Waals surface area contributed by atoms with Gasteiger partial charge in [0.25, 0.3) is 0 Å². The zero-order chi connectivity index (χ0) is 40.3. The zero-order valence-electron chi connectivity index (χ0n) is 33.1. The van der Waals surface area contributed by atoms with E-state index in [1.807, 2.05) is 18.2 Å². The van der Waals surface area contributed by atoms with E-state index in [9.17, 15) is 0 Å². The molecular weight excluding hydrogens is 741 g/mol. The summed E-state index contributed by atoms with van der Waals surface area (Å²) in [7, 11) is 0. The number of para-hydroxylation sites is 1. The van der Waals surface area contributed by atoms with Crippen LogP contribution in [0.2, 0.25) is 0 Å². The van der Waals surface area contributed by atoms with Crippen molar-refractivity contribution in [3.05, 3.63) is 218 Å². The number of hydrogen-bond acceptors (Lipinski definition) is 3. The standard InChI is InChI=1S/C58H36N2O/c1-2-11-37(12-3-1)38-21-27-42(28-22-38)58-59-53(36-54(60-58)46-16-10-15-43(33-46)44-30-32-56-52(34-44)49-19-8-9-20-55(49)61-56)40-23-25-41(26-24-40)57-48-18-7-5-14-45(48)35-51-47-17-6-4-13-39(47)29-31-50(51)57/h1-36H. The van der Waals surface area contributed by atoms with Gasteiger partial charge in [0.15, 0.2) is 5.82 Å². The molecule has 0 bridgehead atoms. The molecule has 0 unspecified atom stereocenters. The molecule has 0 radical (unpaired) electrons. The summed E-state index contributed by atoms with van der Waals surface area (Å²) < 4.78 is 6.15. The molecule has 2 aromatic heterocycles. The van der Waals surface area contributed by atoms with Crippen molar-refractivity contribution in [1.29, 1.82) is 0 Å². The van der Waals surface area contributed by atoms with Crippen LogP contribution in [0, 0.1) is 0 Å². The fourth-order valence-electron chi connectivity index (χ4n) is 9.02.